The van der Waals surface area contributed by atoms with Crippen molar-refractivity contribution in [1.29, 1.82) is 0 Å². The van der Waals surface area contributed by atoms with Gasteiger partial charge >= 0.3 is 5.97 Å². The first-order valence-electron chi connectivity index (χ1n) is 12.5. The standard InChI is InChI=1S/C26H30FN9O3/c1-5-6-20-30-23-21-22(31-25(28)36(23)32-20)35(16-29-21)14-11-33-9-12-34(13-10-33)19-8-7-17(15-18(19)27)39-26(2,3)24(37)38-4/h7-8,15-16H,9-14H2,1-4H3,(H2,28,31). The molecule has 0 unspecified atom stereocenters. The summed E-state index contributed by atoms with van der Waals surface area (Å²) in [6.07, 6.45) is 1.73. The van der Waals surface area contributed by atoms with Crippen molar-refractivity contribution in [3.63, 3.8) is 0 Å². The number of ether oxygens (including phenoxy) is 2. The van der Waals surface area contributed by atoms with Crippen LogP contribution < -0.4 is 15.4 Å². The molecule has 0 saturated carbocycles. The van der Waals surface area contributed by atoms with Gasteiger partial charge in [-0.25, -0.2) is 14.2 Å². The molecule has 1 aromatic carbocycles. The molecule has 3 aromatic heterocycles. The van der Waals surface area contributed by atoms with Crippen molar-refractivity contribution >= 4 is 34.4 Å². The Morgan fingerprint density at radius 3 is 2.62 bits per heavy atom. The molecule has 1 fully saturated rings. The molecule has 0 bridgehead atoms. The van der Waals surface area contributed by atoms with Gasteiger partial charge in [-0.3, -0.25) is 4.90 Å². The van der Waals surface area contributed by atoms with Gasteiger partial charge in [0.15, 0.2) is 22.4 Å². The molecule has 2 N–H and O–H groups in total. The maximum absolute atomic E-state index is 15.0. The minimum atomic E-state index is -1.22. The van der Waals surface area contributed by atoms with E-state index in [4.69, 9.17) is 15.2 Å². The van der Waals surface area contributed by atoms with E-state index in [1.807, 2.05) is 9.47 Å². The number of hydrogen-bond donors (Lipinski definition) is 1. The lowest BCUT2D eigenvalue weighted by Gasteiger charge is -2.36. The molecule has 1 saturated heterocycles. The van der Waals surface area contributed by atoms with Crippen LogP contribution in [0, 0.1) is 17.7 Å². The average molecular weight is 536 g/mol. The van der Waals surface area contributed by atoms with E-state index in [-0.39, 0.29) is 11.7 Å². The molecule has 13 heteroatoms. The Hall–Kier alpha value is -4.44. The lowest BCUT2D eigenvalue weighted by Crippen LogP contribution is -2.47. The summed E-state index contributed by atoms with van der Waals surface area (Å²) in [5.74, 6) is 5.54. The van der Waals surface area contributed by atoms with E-state index in [9.17, 15) is 9.18 Å². The average Bonchev–Trinajstić information content (AvgIpc) is 3.52. The molecule has 12 nitrogen and oxygen atoms in total. The Balaban J connectivity index is 1.21. The number of hydrogen-bond acceptors (Lipinski definition) is 10. The Morgan fingerprint density at radius 1 is 1.15 bits per heavy atom. The second-order valence-electron chi connectivity index (χ2n) is 9.67. The highest BCUT2D eigenvalue weighted by Gasteiger charge is 2.31. The molecule has 0 spiro atoms. The van der Waals surface area contributed by atoms with Gasteiger partial charge in [-0.1, -0.05) is 5.92 Å². The predicted molar refractivity (Wildman–Crippen MR) is 143 cm³/mol. The fourth-order valence-electron chi connectivity index (χ4n) is 4.61. The van der Waals surface area contributed by atoms with Crippen LogP contribution in [0.5, 0.6) is 5.75 Å². The Morgan fingerprint density at radius 2 is 1.92 bits per heavy atom. The molecule has 0 radical (unpaired) electrons. The van der Waals surface area contributed by atoms with Crippen LogP contribution in [-0.2, 0) is 16.1 Å². The van der Waals surface area contributed by atoms with Crippen LogP contribution >= 0.6 is 0 Å². The number of nitrogen functional groups attached to an aromatic ring is 1. The maximum atomic E-state index is 15.0. The number of rotatable bonds is 7. The first-order chi connectivity index (χ1) is 18.7. The summed E-state index contributed by atoms with van der Waals surface area (Å²) in [5, 5.41) is 4.28. The van der Waals surface area contributed by atoms with E-state index >= 15 is 0 Å². The fourth-order valence-corrected chi connectivity index (χ4v) is 4.61. The first kappa shape index (κ1) is 26.2. The number of nitrogens with two attached hydrogens (primary N) is 1. The summed E-state index contributed by atoms with van der Waals surface area (Å²) in [4.78, 5) is 29.6. The van der Waals surface area contributed by atoms with Crippen molar-refractivity contribution in [2.75, 3.05) is 50.5 Å². The van der Waals surface area contributed by atoms with Crippen molar-refractivity contribution in [2.45, 2.75) is 32.9 Å². The number of esters is 1. The van der Waals surface area contributed by atoms with Crippen LogP contribution in [-0.4, -0.2) is 85.4 Å². The smallest absolute Gasteiger partial charge is 0.349 e. The normalized spacial score (nSPS) is 14.4. The van der Waals surface area contributed by atoms with E-state index < -0.39 is 17.4 Å². The molecule has 0 amide bonds. The molecule has 0 atom stereocenters. The number of carbonyl (C=O) groups excluding carboxylic acids is 1. The lowest BCUT2D eigenvalue weighted by molar-refractivity contribution is -0.156. The third-order valence-electron chi connectivity index (χ3n) is 6.64. The lowest BCUT2D eigenvalue weighted by atomic mass is 10.1. The monoisotopic (exact) mass is 535 g/mol. The number of aromatic nitrogens is 6. The highest BCUT2D eigenvalue weighted by Crippen LogP contribution is 2.28. The number of halogens is 1. The summed E-state index contributed by atoms with van der Waals surface area (Å²) in [6, 6.07) is 4.66. The van der Waals surface area contributed by atoms with Crippen LogP contribution in [0.3, 0.4) is 0 Å². The highest BCUT2D eigenvalue weighted by atomic mass is 19.1. The third-order valence-corrected chi connectivity index (χ3v) is 6.64. The SMILES string of the molecule is CC#Cc1nc2c3ncn(CCN4CCN(c5ccc(OC(C)(C)C(=O)OC)cc5F)CC4)c3nc(N)n2n1. The molecule has 4 heterocycles. The van der Waals surface area contributed by atoms with Crippen molar-refractivity contribution in [3.05, 3.63) is 36.2 Å². The van der Waals surface area contributed by atoms with Gasteiger partial charge in [-0.15, -0.1) is 5.10 Å². The molecule has 5 rings (SSSR count). The van der Waals surface area contributed by atoms with Crippen LogP contribution in [0.1, 0.15) is 26.6 Å². The summed E-state index contributed by atoms with van der Waals surface area (Å²) < 4.78 is 28.8. The highest BCUT2D eigenvalue weighted by molar-refractivity contribution is 5.86. The van der Waals surface area contributed by atoms with Gasteiger partial charge in [-0.05, 0) is 38.8 Å². The summed E-state index contributed by atoms with van der Waals surface area (Å²) in [6.45, 7) is 9.17. The minimum Gasteiger partial charge on any atom is -0.476 e. The number of methoxy groups -OCH3 is 1. The van der Waals surface area contributed by atoms with E-state index in [2.05, 4.69) is 36.8 Å². The van der Waals surface area contributed by atoms with Crippen LogP contribution in [0.15, 0.2) is 24.5 Å². The summed E-state index contributed by atoms with van der Waals surface area (Å²) >= 11 is 0. The molecule has 0 aliphatic carbocycles. The fraction of sp³-hybridized carbons (Fsp3) is 0.423. The van der Waals surface area contributed by atoms with E-state index in [0.717, 1.165) is 19.6 Å². The summed E-state index contributed by atoms with van der Waals surface area (Å²) in [5.41, 5.74) is 7.19. The number of imidazole rings is 1. The molecule has 4 aromatic rings. The van der Waals surface area contributed by atoms with E-state index in [0.29, 0.717) is 48.0 Å². The van der Waals surface area contributed by atoms with Gasteiger partial charge in [0.25, 0.3) is 0 Å². The predicted octanol–water partition coefficient (Wildman–Crippen LogP) is 1.72. The van der Waals surface area contributed by atoms with Crippen molar-refractivity contribution < 1.29 is 18.7 Å². The first-order valence-corrected chi connectivity index (χ1v) is 12.5. The van der Waals surface area contributed by atoms with Crippen molar-refractivity contribution in [2.24, 2.45) is 0 Å². The number of benzene rings is 1. The maximum Gasteiger partial charge on any atom is 0.349 e. The Labute approximate surface area is 224 Å². The number of anilines is 2. The zero-order valence-corrected chi connectivity index (χ0v) is 22.3. The largest absolute Gasteiger partial charge is 0.476 e. The molecule has 1 aliphatic rings. The van der Waals surface area contributed by atoms with Gasteiger partial charge in [-0.2, -0.15) is 14.5 Å². The third kappa shape index (κ3) is 5.15. The second-order valence-corrected chi connectivity index (χ2v) is 9.67. The van der Waals surface area contributed by atoms with Gasteiger partial charge < -0.3 is 24.7 Å². The molecule has 39 heavy (non-hydrogen) atoms. The van der Waals surface area contributed by atoms with Crippen LogP contribution in [0.4, 0.5) is 16.0 Å². The van der Waals surface area contributed by atoms with Gasteiger partial charge in [0.2, 0.25) is 11.8 Å². The quantitative estimate of drug-likeness (QED) is 0.276. The zero-order chi connectivity index (χ0) is 27.7. The zero-order valence-electron chi connectivity index (χ0n) is 22.3. The molecular formula is C26H30FN9O3. The number of carbonyl (C=O) groups is 1. The van der Waals surface area contributed by atoms with E-state index in [1.165, 1.54) is 17.7 Å². The van der Waals surface area contributed by atoms with Crippen LogP contribution in [0.2, 0.25) is 0 Å². The second kappa shape index (κ2) is 10.4. The molecule has 1 aliphatic heterocycles. The molecule has 204 valence electrons. The van der Waals surface area contributed by atoms with Crippen LogP contribution in [0.25, 0.3) is 16.8 Å². The van der Waals surface area contributed by atoms with Gasteiger partial charge in [0, 0.05) is 45.3 Å². The Bertz CT molecular complexity index is 1590. The number of fused-ring (bicyclic) bond motifs is 3. The van der Waals surface area contributed by atoms with E-state index in [1.54, 1.807) is 39.2 Å². The van der Waals surface area contributed by atoms with Gasteiger partial charge in [0.05, 0.1) is 19.1 Å². The van der Waals surface area contributed by atoms with Crippen molar-refractivity contribution in [3.8, 4) is 17.6 Å². The Kier molecular flexibility index (Phi) is 6.96. The number of nitrogens with zero attached hydrogens (tertiary/aromatic N) is 8. The minimum absolute atomic E-state index is 0.219. The number of piperazine rings is 1. The molecular weight excluding hydrogens is 505 g/mol. The van der Waals surface area contributed by atoms with Crippen molar-refractivity contribution in [1.82, 2.24) is 34.0 Å². The topological polar surface area (TPSA) is 129 Å². The summed E-state index contributed by atoms with van der Waals surface area (Å²) in [7, 11) is 1.29. The van der Waals surface area contributed by atoms with Gasteiger partial charge in [0.1, 0.15) is 11.6 Å².